The van der Waals surface area contributed by atoms with Crippen LogP contribution in [0.2, 0.25) is 0 Å². The molecule has 2 amide bonds. The quantitative estimate of drug-likeness (QED) is 0.798. The summed E-state index contributed by atoms with van der Waals surface area (Å²) in [5.41, 5.74) is 6.42. The molecule has 0 aliphatic carbocycles. The number of hydrogen-bond donors (Lipinski definition) is 3. The van der Waals surface area contributed by atoms with Crippen LogP contribution in [0.4, 0.5) is 14.9 Å². The molecule has 4 N–H and O–H groups in total. The first-order chi connectivity index (χ1) is 10.3. The number of rotatable bonds is 4. The van der Waals surface area contributed by atoms with Crippen LogP contribution < -0.4 is 16.4 Å². The molecule has 1 aromatic rings. The number of likely N-dealkylation sites (tertiary alicyclic amines) is 1. The molecule has 0 atom stereocenters. The Hall–Kier alpha value is -1.66. The molecular formula is C16H25FN4O. The highest BCUT2D eigenvalue weighted by molar-refractivity contribution is 5.89. The van der Waals surface area contributed by atoms with Gasteiger partial charge in [-0.2, -0.15) is 0 Å². The van der Waals surface area contributed by atoms with Gasteiger partial charge >= 0.3 is 6.03 Å². The molecule has 5 nitrogen and oxygen atoms in total. The minimum Gasteiger partial charge on any atom is -0.335 e. The second-order valence-electron chi connectivity index (χ2n) is 6.64. The highest BCUT2D eigenvalue weighted by Gasteiger charge is 2.24. The van der Waals surface area contributed by atoms with E-state index in [1.807, 2.05) is 13.8 Å². The molecule has 122 valence electrons. The molecule has 0 bridgehead atoms. The van der Waals surface area contributed by atoms with Gasteiger partial charge in [-0.3, -0.25) is 0 Å². The van der Waals surface area contributed by atoms with E-state index in [1.165, 1.54) is 12.1 Å². The fraction of sp³-hybridized carbons (Fsp3) is 0.562. The fourth-order valence-electron chi connectivity index (χ4n) is 2.70. The molecule has 1 aliphatic rings. The maximum Gasteiger partial charge on any atom is 0.319 e. The summed E-state index contributed by atoms with van der Waals surface area (Å²) in [4.78, 5) is 14.3. The number of nitrogens with one attached hydrogen (secondary N) is 2. The monoisotopic (exact) mass is 308 g/mol. The summed E-state index contributed by atoms with van der Waals surface area (Å²) >= 11 is 0. The maximum atomic E-state index is 12.8. The van der Waals surface area contributed by atoms with Gasteiger partial charge < -0.3 is 21.3 Å². The summed E-state index contributed by atoms with van der Waals surface area (Å²) in [6.45, 7) is 6.77. The van der Waals surface area contributed by atoms with Crippen LogP contribution in [-0.2, 0) is 0 Å². The number of urea groups is 1. The standard InChI is InChI=1S/C16H25FN4O/c1-16(2,18)11-21-9-7-14(8-10-21)20-15(22)19-13-5-3-12(17)4-6-13/h3-6,14H,7-11,18H2,1-2H3,(H2,19,20,22). The normalized spacial score (nSPS) is 17.3. The highest BCUT2D eigenvalue weighted by atomic mass is 19.1. The van der Waals surface area contributed by atoms with E-state index in [2.05, 4.69) is 15.5 Å². The largest absolute Gasteiger partial charge is 0.335 e. The topological polar surface area (TPSA) is 70.4 Å². The van der Waals surface area contributed by atoms with Crippen LogP contribution in [0.25, 0.3) is 0 Å². The van der Waals surface area contributed by atoms with E-state index in [9.17, 15) is 9.18 Å². The zero-order valence-electron chi connectivity index (χ0n) is 13.2. The molecule has 1 heterocycles. The van der Waals surface area contributed by atoms with Crippen molar-refractivity contribution < 1.29 is 9.18 Å². The molecule has 1 fully saturated rings. The van der Waals surface area contributed by atoms with E-state index in [-0.39, 0.29) is 23.4 Å². The molecule has 0 spiro atoms. The summed E-state index contributed by atoms with van der Waals surface area (Å²) in [7, 11) is 0. The molecule has 2 rings (SSSR count). The molecular weight excluding hydrogens is 283 g/mol. The number of nitrogens with two attached hydrogens (primary N) is 1. The Bertz CT molecular complexity index is 490. The molecule has 0 saturated carbocycles. The van der Waals surface area contributed by atoms with Crippen LogP contribution in [-0.4, -0.2) is 42.1 Å². The predicted molar refractivity (Wildman–Crippen MR) is 86.3 cm³/mol. The Morgan fingerprint density at radius 2 is 1.91 bits per heavy atom. The summed E-state index contributed by atoms with van der Waals surface area (Å²) in [6, 6.07) is 5.65. The van der Waals surface area contributed by atoms with Gasteiger partial charge in [-0.15, -0.1) is 0 Å². The second-order valence-corrected chi connectivity index (χ2v) is 6.64. The summed E-state index contributed by atoms with van der Waals surface area (Å²) in [5.74, 6) is -0.318. The van der Waals surface area contributed by atoms with E-state index in [0.717, 1.165) is 32.5 Å². The Morgan fingerprint density at radius 3 is 2.45 bits per heavy atom. The van der Waals surface area contributed by atoms with E-state index >= 15 is 0 Å². The van der Waals surface area contributed by atoms with Crippen molar-refractivity contribution in [3.63, 3.8) is 0 Å². The average Bonchev–Trinajstić information content (AvgIpc) is 2.42. The van der Waals surface area contributed by atoms with Crippen molar-refractivity contribution >= 4 is 11.7 Å². The van der Waals surface area contributed by atoms with Gasteiger partial charge in [0.15, 0.2) is 0 Å². The number of carbonyl (C=O) groups is 1. The van der Waals surface area contributed by atoms with Gasteiger partial charge in [-0.1, -0.05) is 0 Å². The minimum atomic E-state index is -0.318. The number of carbonyl (C=O) groups excluding carboxylic acids is 1. The third kappa shape index (κ3) is 5.61. The lowest BCUT2D eigenvalue weighted by Gasteiger charge is -2.36. The third-order valence-electron chi connectivity index (χ3n) is 3.66. The Morgan fingerprint density at radius 1 is 1.32 bits per heavy atom. The molecule has 0 unspecified atom stereocenters. The first-order valence-electron chi connectivity index (χ1n) is 7.66. The first kappa shape index (κ1) is 16.7. The number of amides is 2. The van der Waals surface area contributed by atoms with Gasteiger partial charge in [-0.25, -0.2) is 9.18 Å². The number of benzene rings is 1. The lowest BCUT2D eigenvalue weighted by atomic mass is 10.0. The minimum absolute atomic E-state index is 0.164. The van der Waals surface area contributed by atoms with Crippen molar-refractivity contribution in [2.75, 3.05) is 25.0 Å². The van der Waals surface area contributed by atoms with Crippen molar-refractivity contribution in [1.82, 2.24) is 10.2 Å². The van der Waals surface area contributed by atoms with Crippen LogP contribution in [0.1, 0.15) is 26.7 Å². The molecule has 6 heteroatoms. The molecule has 1 aromatic carbocycles. The van der Waals surface area contributed by atoms with Crippen molar-refractivity contribution in [1.29, 1.82) is 0 Å². The van der Waals surface area contributed by atoms with Gasteiger partial charge in [-0.05, 0) is 51.0 Å². The van der Waals surface area contributed by atoms with Gasteiger partial charge in [0, 0.05) is 36.9 Å². The maximum absolute atomic E-state index is 12.8. The van der Waals surface area contributed by atoms with Crippen molar-refractivity contribution in [2.24, 2.45) is 5.73 Å². The number of anilines is 1. The van der Waals surface area contributed by atoms with E-state index in [1.54, 1.807) is 12.1 Å². The number of nitrogens with zero attached hydrogens (tertiary/aromatic N) is 1. The van der Waals surface area contributed by atoms with Crippen LogP contribution in [0.5, 0.6) is 0 Å². The van der Waals surface area contributed by atoms with Crippen LogP contribution >= 0.6 is 0 Å². The lowest BCUT2D eigenvalue weighted by Crippen LogP contribution is -2.51. The van der Waals surface area contributed by atoms with Crippen molar-refractivity contribution in [2.45, 2.75) is 38.3 Å². The molecule has 0 aromatic heterocycles. The van der Waals surface area contributed by atoms with Gasteiger partial charge in [0.25, 0.3) is 0 Å². The molecule has 0 radical (unpaired) electrons. The third-order valence-corrected chi connectivity index (χ3v) is 3.66. The molecule has 1 aliphatic heterocycles. The Labute approximate surface area is 131 Å². The zero-order chi connectivity index (χ0) is 16.2. The Balaban J connectivity index is 1.73. The average molecular weight is 308 g/mol. The van der Waals surface area contributed by atoms with Crippen molar-refractivity contribution in [3.8, 4) is 0 Å². The zero-order valence-corrected chi connectivity index (χ0v) is 13.2. The van der Waals surface area contributed by atoms with Gasteiger partial charge in [0.2, 0.25) is 0 Å². The summed E-state index contributed by atoms with van der Waals surface area (Å²) in [5, 5.41) is 5.68. The fourth-order valence-corrected chi connectivity index (χ4v) is 2.70. The lowest BCUT2D eigenvalue weighted by molar-refractivity contribution is 0.170. The van der Waals surface area contributed by atoms with Gasteiger partial charge in [0.05, 0.1) is 0 Å². The number of halogens is 1. The smallest absolute Gasteiger partial charge is 0.319 e. The summed E-state index contributed by atoms with van der Waals surface area (Å²) in [6.07, 6.45) is 1.82. The molecule has 1 saturated heterocycles. The van der Waals surface area contributed by atoms with Crippen LogP contribution in [0, 0.1) is 5.82 Å². The van der Waals surface area contributed by atoms with Crippen LogP contribution in [0.15, 0.2) is 24.3 Å². The second kappa shape index (κ2) is 7.07. The molecule has 22 heavy (non-hydrogen) atoms. The number of hydrogen-bond acceptors (Lipinski definition) is 3. The SMILES string of the molecule is CC(C)(N)CN1CCC(NC(=O)Nc2ccc(F)cc2)CC1. The van der Waals surface area contributed by atoms with E-state index < -0.39 is 0 Å². The first-order valence-corrected chi connectivity index (χ1v) is 7.66. The summed E-state index contributed by atoms with van der Waals surface area (Å²) < 4.78 is 12.8. The van der Waals surface area contributed by atoms with Gasteiger partial charge in [0.1, 0.15) is 5.82 Å². The van der Waals surface area contributed by atoms with Crippen LogP contribution in [0.3, 0.4) is 0 Å². The Kier molecular flexibility index (Phi) is 5.37. The number of piperidine rings is 1. The van der Waals surface area contributed by atoms with E-state index in [4.69, 9.17) is 5.73 Å². The van der Waals surface area contributed by atoms with Crippen molar-refractivity contribution in [3.05, 3.63) is 30.1 Å². The van der Waals surface area contributed by atoms with E-state index in [0.29, 0.717) is 5.69 Å². The highest BCUT2D eigenvalue weighted by Crippen LogP contribution is 2.13. The predicted octanol–water partition coefficient (Wildman–Crippen LogP) is 2.15.